The Morgan fingerprint density at radius 3 is 2.76 bits per heavy atom. The molecule has 4 aliphatic rings. The van der Waals surface area contributed by atoms with Crippen LogP contribution in [0.3, 0.4) is 0 Å². The maximum atomic E-state index is 17.1. The maximum absolute atomic E-state index is 17.1. The highest BCUT2D eigenvalue weighted by molar-refractivity contribution is 6.02. The first-order valence-corrected chi connectivity index (χ1v) is 16.8. The predicted molar refractivity (Wildman–Crippen MR) is 174 cm³/mol. The number of alkyl halides is 3. The molecule has 3 fully saturated rings. The second-order valence-corrected chi connectivity index (χ2v) is 13.6. The van der Waals surface area contributed by atoms with E-state index in [4.69, 9.17) is 21.1 Å². The van der Waals surface area contributed by atoms with E-state index in [0.717, 1.165) is 19.3 Å². The molecule has 2 aromatic heterocycles. The Labute approximate surface area is 280 Å². The number of aromatic nitrogens is 3. The molecule has 6 heterocycles. The van der Waals surface area contributed by atoms with Gasteiger partial charge < -0.3 is 15.0 Å². The van der Waals surface area contributed by atoms with E-state index >= 15 is 4.39 Å². The molecule has 0 aliphatic carbocycles. The lowest BCUT2D eigenvalue weighted by molar-refractivity contribution is -0.340. The van der Waals surface area contributed by atoms with Crippen molar-refractivity contribution in [1.29, 1.82) is 0 Å². The van der Waals surface area contributed by atoms with Gasteiger partial charge in [-0.1, -0.05) is 37.1 Å². The van der Waals surface area contributed by atoms with Gasteiger partial charge in [0.1, 0.15) is 29.5 Å². The van der Waals surface area contributed by atoms with Crippen LogP contribution in [0, 0.1) is 24.0 Å². The van der Waals surface area contributed by atoms with Crippen molar-refractivity contribution in [1.82, 2.24) is 25.2 Å². The van der Waals surface area contributed by atoms with Gasteiger partial charge >= 0.3 is 12.4 Å². The quantitative estimate of drug-likeness (QED) is 0.193. The molecular formula is C36H35F5N6O2. The summed E-state index contributed by atoms with van der Waals surface area (Å²) in [6.45, 7) is 4.24. The van der Waals surface area contributed by atoms with Crippen molar-refractivity contribution in [3.8, 4) is 29.6 Å². The number of anilines is 1. The zero-order chi connectivity index (χ0) is 34.1. The molecule has 8 rings (SSSR count). The monoisotopic (exact) mass is 678 g/mol. The van der Waals surface area contributed by atoms with Crippen LogP contribution < -0.4 is 15.0 Å². The number of nitrogens with one attached hydrogen (secondary N) is 1. The summed E-state index contributed by atoms with van der Waals surface area (Å²) in [5.74, 6) is 1.65. The van der Waals surface area contributed by atoms with E-state index in [0.29, 0.717) is 65.7 Å². The molecule has 4 atom stereocenters. The van der Waals surface area contributed by atoms with E-state index in [-0.39, 0.29) is 54.4 Å². The van der Waals surface area contributed by atoms with Crippen LogP contribution in [0.15, 0.2) is 30.3 Å². The smallest absolute Gasteiger partial charge is 0.461 e. The van der Waals surface area contributed by atoms with Gasteiger partial charge in [-0.25, -0.2) is 13.8 Å². The lowest BCUT2D eigenvalue weighted by atomic mass is 9.94. The van der Waals surface area contributed by atoms with Crippen molar-refractivity contribution in [3.05, 3.63) is 53.2 Å². The number of terminal acetylenes is 1. The summed E-state index contributed by atoms with van der Waals surface area (Å²) in [5, 5.41) is 5.12. The first-order chi connectivity index (χ1) is 23.6. The van der Waals surface area contributed by atoms with Crippen LogP contribution >= 0.6 is 0 Å². The van der Waals surface area contributed by atoms with Gasteiger partial charge in [-0.05, 0) is 56.5 Å². The normalized spacial score (nSPS) is 25.3. The molecule has 0 saturated carbocycles. The number of hydrogen-bond donors (Lipinski definition) is 1. The van der Waals surface area contributed by atoms with Crippen molar-refractivity contribution in [3.63, 3.8) is 0 Å². The third kappa shape index (κ3) is 5.54. The molecule has 13 heteroatoms. The Balaban J connectivity index is 1.26. The molecule has 0 bridgehead atoms. The van der Waals surface area contributed by atoms with Crippen LogP contribution in [0.25, 0.3) is 32.9 Å². The Bertz CT molecular complexity index is 2000. The Morgan fingerprint density at radius 1 is 1.10 bits per heavy atom. The molecule has 2 aromatic carbocycles. The molecule has 256 valence electrons. The zero-order valence-electron chi connectivity index (χ0n) is 26.9. The highest BCUT2D eigenvalue weighted by atomic mass is 19.4. The maximum Gasteiger partial charge on any atom is 0.522 e. The van der Waals surface area contributed by atoms with Crippen molar-refractivity contribution in [2.24, 2.45) is 0 Å². The van der Waals surface area contributed by atoms with E-state index in [1.165, 1.54) is 6.07 Å². The van der Waals surface area contributed by atoms with Gasteiger partial charge in [0.2, 0.25) is 0 Å². The van der Waals surface area contributed by atoms with Gasteiger partial charge in [0.25, 0.3) is 0 Å². The second-order valence-electron chi connectivity index (χ2n) is 13.6. The van der Waals surface area contributed by atoms with Crippen molar-refractivity contribution >= 4 is 27.5 Å². The minimum atomic E-state index is -4.73. The van der Waals surface area contributed by atoms with E-state index in [2.05, 4.69) is 32.8 Å². The standard InChI is InChI=1S/C36H35F5N6O2/c1-3-21-17-47-22(16-42-21)10-12-27-29-32(30(38)31(43-27)25-8-5-7-20-9-11-26(37)24(4-2)28(20)25)44-34(45-33(29)47)48-19-35-13-6-14-46(35)18-23(15-35)49-36(39,40)41/h2,5,7-9,11,21-23,42H,3,6,10,12-19H2,1H3/t21-,22-,23?,35?/m1/s1. The lowest BCUT2D eigenvalue weighted by Gasteiger charge is -2.40. The van der Waals surface area contributed by atoms with Gasteiger partial charge in [-0.2, -0.15) is 9.97 Å². The van der Waals surface area contributed by atoms with Crippen LogP contribution in [-0.4, -0.2) is 82.7 Å². The van der Waals surface area contributed by atoms with Gasteiger partial charge in [0.15, 0.2) is 5.82 Å². The summed E-state index contributed by atoms with van der Waals surface area (Å²) in [7, 11) is 0. The fraction of sp³-hybridized carbons (Fsp3) is 0.472. The number of rotatable bonds is 6. The number of fused-ring (bicyclic) bond motifs is 4. The van der Waals surface area contributed by atoms with Crippen molar-refractivity contribution < 1.29 is 31.4 Å². The van der Waals surface area contributed by atoms with Gasteiger partial charge in [-0.15, -0.1) is 19.6 Å². The SMILES string of the molecule is C#Cc1c(F)ccc2cccc(-c3nc4c5c(nc(OCC67CCCN6CC(OC(F)(F)F)C7)nc5c3F)N3C[C@@H](CC)NC[C@H]3CC4)c12. The van der Waals surface area contributed by atoms with E-state index in [1.54, 1.807) is 24.3 Å². The van der Waals surface area contributed by atoms with Crippen LogP contribution in [0.4, 0.5) is 27.8 Å². The number of aryl methyl sites for hydroxylation is 1. The number of benzene rings is 2. The molecule has 2 unspecified atom stereocenters. The molecule has 0 radical (unpaired) electrons. The molecular weight excluding hydrogens is 643 g/mol. The summed E-state index contributed by atoms with van der Waals surface area (Å²) >= 11 is 0. The van der Waals surface area contributed by atoms with Crippen LogP contribution in [0.5, 0.6) is 6.01 Å². The molecule has 1 N–H and O–H groups in total. The van der Waals surface area contributed by atoms with Crippen molar-refractivity contribution in [2.75, 3.05) is 37.7 Å². The fourth-order valence-electron chi connectivity index (χ4n) is 8.42. The molecule has 4 aliphatic heterocycles. The van der Waals surface area contributed by atoms with Gasteiger partial charge in [0, 0.05) is 42.7 Å². The molecule has 3 saturated heterocycles. The number of nitrogens with zero attached hydrogens (tertiary/aromatic N) is 5. The number of pyridine rings is 1. The minimum absolute atomic E-state index is 0.00118. The lowest BCUT2D eigenvalue weighted by Crippen LogP contribution is -2.56. The molecule has 0 spiro atoms. The Kier molecular flexibility index (Phi) is 7.89. The molecule has 49 heavy (non-hydrogen) atoms. The van der Waals surface area contributed by atoms with E-state index in [9.17, 15) is 17.6 Å². The number of halogens is 5. The summed E-state index contributed by atoms with van der Waals surface area (Å²) in [4.78, 5) is 18.6. The number of piperazine rings is 1. The molecule has 8 nitrogen and oxygen atoms in total. The summed E-state index contributed by atoms with van der Waals surface area (Å²) in [6, 6.07) is 8.28. The van der Waals surface area contributed by atoms with E-state index in [1.807, 2.05) is 4.90 Å². The average Bonchev–Trinajstić information content (AvgIpc) is 3.57. The third-order valence-corrected chi connectivity index (χ3v) is 10.7. The Morgan fingerprint density at radius 2 is 1.96 bits per heavy atom. The average molecular weight is 679 g/mol. The minimum Gasteiger partial charge on any atom is -0.461 e. The molecule has 0 amide bonds. The first-order valence-electron chi connectivity index (χ1n) is 16.8. The zero-order valence-corrected chi connectivity index (χ0v) is 26.9. The van der Waals surface area contributed by atoms with Gasteiger partial charge in [0.05, 0.1) is 28.3 Å². The highest BCUT2D eigenvalue weighted by Crippen LogP contribution is 2.44. The topological polar surface area (TPSA) is 75.6 Å². The summed E-state index contributed by atoms with van der Waals surface area (Å²) < 4.78 is 82.1. The largest absolute Gasteiger partial charge is 0.522 e. The predicted octanol–water partition coefficient (Wildman–Crippen LogP) is 6.13. The van der Waals surface area contributed by atoms with E-state index < -0.39 is 29.6 Å². The Hall–Kier alpha value is -4.12. The van der Waals surface area contributed by atoms with Crippen molar-refractivity contribution in [2.45, 2.75) is 75.5 Å². The number of ether oxygens (including phenoxy) is 2. The van der Waals surface area contributed by atoms with Crippen LogP contribution in [0.2, 0.25) is 0 Å². The molecule has 4 aromatic rings. The summed E-state index contributed by atoms with van der Waals surface area (Å²) in [5.41, 5.74) is 0.326. The van der Waals surface area contributed by atoms with Gasteiger partial charge in [-0.3, -0.25) is 9.64 Å². The van der Waals surface area contributed by atoms with Crippen LogP contribution in [0.1, 0.15) is 50.3 Å². The fourth-order valence-corrected chi connectivity index (χ4v) is 8.42. The summed E-state index contributed by atoms with van der Waals surface area (Å²) in [6.07, 6.45) is 3.73. The van der Waals surface area contributed by atoms with Crippen LogP contribution in [-0.2, 0) is 11.2 Å². The highest BCUT2D eigenvalue weighted by Gasteiger charge is 2.52. The third-order valence-electron chi connectivity index (χ3n) is 10.7. The number of hydrogen-bond acceptors (Lipinski definition) is 8. The second kappa shape index (κ2) is 12.0. The first kappa shape index (κ1) is 32.1.